The molecule has 2 unspecified atom stereocenters. The number of hydrogen-bond acceptors (Lipinski definition) is 4. The Bertz CT molecular complexity index is 481. The minimum Gasteiger partial charge on any atom is -0.473 e. The molecule has 1 aliphatic heterocycles. The van der Waals surface area contributed by atoms with Gasteiger partial charge in [0.1, 0.15) is 0 Å². The highest BCUT2D eigenvalue weighted by Crippen LogP contribution is 2.21. The predicted octanol–water partition coefficient (Wildman–Crippen LogP) is 2.14. The summed E-state index contributed by atoms with van der Waals surface area (Å²) in [6.45, 7) is 6.12. The number of ether oxygens (including phenoxy) is 2. The first-order valence-corrected chi connectivity index (χ1v) is 6.27. The van der Waals surface area contributed by atoms with E-state index in [0.29, 0.717) is 13.0 Å². The second kappa shape index (κ2) is 6.18. The van der Waals surface area contributed by atoms with Crippen molar-refractivity contribution in [1.29, 1.82) is 0 Å². The van der Waals surface area contributed by atoms with Crippen molar-refractivity contribution in [3.8, 4) is 0 Å². The normalized spacial score (nSPS) is 20.9. The fourth-order valence-corrected chi connectivity index (χ4v) is 2.01. The molecule has 0 N–H and O–H groups in total. The zero-order chi connectivity index (χ0) is 13.7. The second-order valence-corrected chi connectivity index (χ2v) is 4.33. The van der Waals surface area contributed by atoms with Gasteiger partial charge in [0, 0.05) is 0 Å². The lowest BCUT2D eigenvalue weighted by molar-refractivity contribution is -0.145. The van der Waals surface area contributed by atoms with Gasteiger partial charge in [-0.25, -0.2) is 9.79 Å². The predicted molar refractivity (Wildman–Crippen MR) is 73.1 cm³/mol. The molecule has 1 aromatic rings. The van der Waals surface area contributed by atoms with Crippen LogP contribution in [0.5, 0.6) is 0 Å². The largest absolute Gasteiger partial charge is 0.473 e. The number of carbonyl (C=O) groups excluding carboxylic acids is 1. The van der Waals surface area contributed by atoms with Crippen molar-refractivity contribution in [2.24, 2.45) is 4.99 Å². The molecule has 0 aromatic heterocycles. The Balaban J connectivity index is 2.01. The lowest BCUT2D eigenvalue weighted by atomic mass is 9.98. The van der Waals surface area contributed by atoms with Gasteiger partial charge in [-0.1, -0.05) is 36.9 Å². The molecule has 1 aromatic carbocycles. The maximum atomic E-state index is 11.8. The number of carbonyl (C=O) groups is 1. The Kier molecular flexibility index (Phi) is 4.34. The van der Waals surface area contributed by atoms with Crippen molar-refractivity contribution < 1.29 is 14.3 Å². The Hall–Kier alpha value is -2.10. The first-order chi connectivity index (χ1) is 9.22. The molecule has 0 radical (unpaired) electrons. The van der Waals surface area contributed by atoms with Crippen molar-refractivity contribution in [2.75, 3.05) is 6.61 Å². The van der Waals surface area contributed by atoms with Crippen LogP contribution in [0.1, 0.15) is 12.5 Å². The van der Waals surface area contributed by atoms with Gasteiger partial charge in [-0.2, -0.15) is 0 Å². The van der Waals surface area contributed by atoms with Crippen LogP contribution in [-0.2, 0) is 20.7 Å². The second-order valence-electron chi connectivity index (χ2n) is 4.33. The number of aliphatic imine (C=N–C) groups is 1. The molecule has 4 nitrogen and oxygen atoms in total. The maximum absolute atomic E-state index is 11.8. The van der Waals surface area contributed by atoms with Gasteiger partial charge in [-0.05, 0) is 24.5 Å². The number of esters is 1. The van der Waals surface area contributed by atoms with Gasteiger partial charge in [0.2, 0.25) is 0 Å². The minimum absolute atomic E-state index is 0.336. The van der Waals surface area contributed by atoms with E-state index < -0.39 is 12.1 Å². The summed E-state index contributed by atoms with van der Waals surface area (Å²) < 4.78 is 10.4. The summed E-state index contributed by atoms with van der Waals surface area (Å²) >= 11 is 0. The lowest BCUT2D eigenvalue weighted by Crippen LogP contribution is -2.33. The Morgan fingerprint density at radius 1 is 1.42 bits per heavy atom. The van der Waals surface area contributed by atoms with Crippen molar-refractivity contribution in [3.63, 3.8) is 0 Å². The van der Waals surface area contributed by atoms with Crippen LogP contribution in [0.4, 0.5) is 0 Å². The van der Waals surface area contributed by atoms with Gasteiger partial charge in [0.05, 0.1) is 6.61 Å². The summed E-state index contributed by atoms with van der Waals surface area (Å²) in [5, 5.41) is 0. The molecule has 1 aliphatic rings. The van der Waals surface area contributed by atoms with Gasteiger partial charge < -0.3 is 9.47 Å². The molecule has 19 heavy (non-hydrogen) atoms. The number of rotatable bonds is 5. The van der Waals surface area contributed by atoms with Crippen LogP contribution in [0.15, 0.2) is 47.5 Å². The third-order valence-electron chi connectivity index (χ3n) is 2.92. The van der Waals surface area contributed by atoms with Gasteiger partial charge in [0.15, 0.2) is 18.5 Å². The van der Waals surface area contributed by atoms with Gasteiger partial charge in [0.25, 0.3) is 0 Å². The van der Waals surface area contributed by atoms with Crippen molar-refractivity contribution in [3.05, 3.63) is 48.0 Å². The quantitative estimate of drug-likeness (QED) is 0.601. The molecule has 0 spiro atoms. The number of hydrogen-bond donors (Lipinski definition) is 0. The van der Waals surface area contributed by atoms with E-state index in [4.69, 9.17) is 9.47 Å². The maximum Gasteiger partial charge on any atom is 0.335 e. The minimum atomic E-state index is -0.629. The molecule has 0 fully saturated rings. The summed E-state index contributed by atoms with van der Waals surface area (Å²) in [5.41, 5.74) is 1.95. The van der Waals surface area contributed by atoms with E-state index in [2.05, 4.69) is 11.6 Å². The monoisotopic (exact) mass is 259 g/mol. The Morgan fingerprint density at radius 3 is 2.84 bits per heavy atom. The van der Waals surface area contributed by atoms with Crippen LogP contribution in [0.2, 0.25) is 0 Å². The Morgan fingerprint density at radius 2 is 2.16 bits per heavy atom. The summed E-state index contributed by atoms with van der Waals surface area (Å²) in [4.78, 5) is 15.8. The van der Waals surface area contributed by atoms with E-state index in [1.54, 1.807) is 6.92 Å². The van der Waals surface area contributed by atoms with E-state index in [1.807, 2.05) is 30.3 Å². The molecule has 0 saturated heterocycles. The topological polar surface area (TPSA) is 47.9 Å². The van der Waals surface area contributed by atoms with Crippen molar-refractivity contribution >= 4 is 12.4 Å². The van der Waals surface area contributed by atoms with Crippen LogP contribution < -0.4 is 0 Å². The highest BCUT2D eigenvalue weighted by atomic mass is 16.5. The summed E-state index contributed by atoms with van der Waals surface area (Å²) in [6, 6.07) is 9.30. The fraction of sp³-hybridized carbons (Fsp3) is 0.333. The zero-order valence-electron chi connectivity index (χ0n) is 10.9. The van der Waals surface area contributed by atoms with E-state index in [-0.39, 0.29) is 5.97 Å². The average molecular weight is 259 g/mol. The lowest BCUT2D eigenvalue weighted by Gasteiger charge is -2.18. The van der Waals surface area contributed by atoms with Crippen LogP contribution in [0.3, 0.4) is 0 Å². The Labute approximate surface area is 112 Å². The first kappa shape index (κ1) is 13.3. The van der Waals surface area contributed by atoms with Gasteiger partial charge in [-0.3, -0.25) is 0 Å². The highest BCUT2D eigenvalue weighted by Gasteiger charge is 2.35. The molecule has 0 amide bonds. The molecular formula is C15H17NO3. The molecule has 100 valence electrons. The third kappa shape index (κ3) is 3.22. The molecule has 0 aliphatic carbocycles. The van der Waals surface area contributed by atoms with E-state index in [1.165, 1.54) is 6.40 Å². The van der Waals surface area contributed by atoms with Crippen molar-refractivity contribution in [1.82, 2.24) is 0 Å². The zero-order valence-corrected chi connectivity index (χ0v) is 10.9. The van der Waals surface area contributed by atoms with Crippen molar-refractivity contribution in [2.45, 2.75) is 25.5 Å². The molecule has 0 bridgehead atoms. The van der Waals surface area contributed by atoms with E-state index >= 15 is 0 Å². The molecular weight excluding hydrogens is 242 g/mol. The number of benzene rings is 1. The summed E-state index contributed by atoms with van der Waals surface area (Å²) in [5.74, 6) is -0.365. The summed E-state index contributed by atoms with van der Waals surface area (Å²) in [6.07, 6.45) is 1.53. The van der Waals surface area contributed by atoms with Crippen LogP contribution in [0.25, 0.3) is 0 Å². The van der Waals surface area contributed by atoms with E-state index in [0.717, 1.165) is 11.1 Å². The van der Waals surface area contributed by atoms with Gasteiger partial charge in [-0.15, -0.1) is 0 Å². The number of nitrogens with zero attached hydrogens (tertiary/aromatic N) is 1. The van der Waals surface area contributed by atoms with Gasteiger partial charge >= 0.3 is 5.97 Å². The standard InChI is InChI=1S/C15H17NO3/c1-3-18-15(17)13-14(19-10-16-13)11(2)9-12-7-5-4-6-8-12/h4-8,10,13-14H,2-3,9H2,1H3. The van der Waals surface area contributed by atoms with Crippen LogP contribution in [-0.4, -0.2) is 31.1 Å². The summed E-state index contributed by atoms with van der Waals surface area (Å²) in [7, 11) is 0. The molecule has 1 heterocycles. The average Bonchev–Trinajstić information content (AvgIpc) is 2.89. The molecule has 2 rings (SSSR count). The van der Waals surface area contributed by atoms with Crippen LogP contribution in [0, 0.1) is 0 Å². The smallest absolute Gasteiger partial charge is 0.335 e. The highest BCUT2D eigenvalue weighted by molar-refractivity contribution is 5.80. The first-order valence-electron chi connectivity index (χ1n) is 6.27. The molecule has 4 heteroatoms. The molecule has 2 atom stereocenters. The molecule has 0 saturated carbocycles. The SMILES string of the molecule is C=C(Cc1ccccc1)C1OC=NC1C(=O)OCC. The third-order valence-corrected chi connectivity index (χ3v) is 2.92. The van der Waals surface area contributed by atoms with Crippen LogP contribution >= 0.6 is 0 Å². The fourth-order valence-electron chi connectivity index (χ4n) is 2.01. The van der Waals surface area contributed by atoms with E-state index in [9.17, 15) is 4.79 Å².